The van der Waals surface area contributed by atoms with Crippen LogP contribution in [0.1, 0.15) is 5.56 Å². The fraction of sp³-hybridized carbons (Fsp3) is 0.100. The summed E-state index contributed by atoms with van der Waals surface area (Å²) < 4.78 is 18.0. The summed E-state index contributed by atoms with van der Waals surface area (Å²) in [6.07, 6.45) is -0.0823. The monoisotopic (exact) mass is 337 g/mol. The summed E-state index contributed by atoms with van der Waals surface area (Å²) in [5.74, 6) is -1.43. The first kappa shape index (κ1) is 16.6. The van der Waals surface area contributed by atoms with Crippen LogP contribution in [0.3, 0.4) is 0 Å². The molecule has 0 spiro atoms. The fourth-order valence-corrected chi connectivity index (χ4v) is 2.47. The van der Waals surface area contributed by atoms with Crippen molar-refractivity contribution in [3.8, 4) is 0 Å². The lowest BCUT2D eigenvalue weighted by Gasteiger charge is -2.08. The van der Waals surface area contributed by atoms with E-state index in [1.165, 1.54) is 18.2 Å². The van der Waals surface area contributed by atoms with E-state index in [1.54, 1.807) is 12.1 Å². The van der Waals surface area contributed by atoms with E-state index in [2.05, 4.69) is 5.32 Å². The molecule has 126 valence electrons. The van der Waals surface area contributed by atoms with Gasteiger partial charge in [0.25, 0.3) is 5.91 Å². The molecule has 0 unspecified atom stereocenters. The number of fused-ring (bicyclic) bond motifs is 1. The molecular formula is C20H16FNO3. The maximum Gasteiger partial charge on any atom is 0.310 e. The van der Waals surface area contributed by atoms with E-state index in [-0.39, 0.29) is 13.0 Å². The number of ether oxygens (including phenoxy) is 1. The van der Waals surface area contributed by atoms with Crippen LogP contribution < -0.4 is 5.32 Å². The molecule has 0 aliphatic carbocycles. The summed E-state index contributed by atoms with van der Waals surface area (Å²) >= 11 is 0. The van der Waals surface area contributed by atoms with Gasteiger partial charge in [-0.2, -0.15) is 0 Å². The molecule has 0 aliphatic heterocycles. The highest BCUT2D eigenvalue weighted by Crippen LogP contribution is 2.18. The first-order valence-corrected chi connectivity index (χ1v) is 7.79. The van der Waals surface area contributed by atoms with Crippen molar-refractivity contribution in [1.82, 2.24) is 0 Å². The molecule has 0 bridgehead atoms. The van der Waals surface area contributed by atoms with Crippen LogP contribution in [0.2, 0.25) is 0 Å². The van der Waals surface area contributed by atoms with Gasteiger partial charge in [-0.25, -0.2) is 4.39 Å². The summed E-state index contributed by atoms with van der Waals surface area (Å²) in [5, 5.41) is 4.76. The molecule has 0 saturated carbocycles. The van der Waals surface area contributed by atoms with Crippen molar-refractivity contribution in [1.29, 1.82) is 0 Å². The molecule has 0 aromatic heterocycles. The molecule has 0 atom stereocenters. The van der Waals surface area contributed by atoms with Crippen LogP contribution in [-0.2, 0) is 20.7 Å². The number of hydrogen-bond acceptors (Lipinski definition) is 3. The van der Waals surface area contributed by atoms with Crippen LogP contribution in [0.15, 0.2) is 66.7 Å². The summed E-state index contributed by atoms with van der Waals surface area (Å²) in [5.41, 5.74) is 1.13. The van der Waals surface area contributed by atoms with Crippen molar-refractivity contribution >= 4 is 28.3 Å². The first-order chi connectivity index (χ1) is 12.1. The van der Waals surface area contributed by atoms with Gasteiger partial charge in [0.05, 0.1) is 6.42 Å². The predicted octanol–water partition coefficient (Wildman–Crippen LogP) is 3.70. The molecule has 0 fully saturated rings. The van der Waals surface area contributed by atoms with Crippen molar-refractivity contribution in [2.24, 2.45) is 0 Å². The third-order valence-corrected chi connectivity index (χ3v) is 3.63. The number of carbonyl (C=O) groups is 2. The number of esters is 1. The second kappa shape index (κ2) is 7.57. The van der Waals surface area contributed by atoms with Gasteiger partial charge >= 0.3 is 5.97 Å². The normalized spacial score (nSPS) is 10.4. The number of nitrogens with one attached hydrogen (secondary N) is 1. The van der Waals surface area contributed by atoms with Gasteiger partial charge in [0.1, 0.15) is 5.82 Å². The zero-order valence-electron chi connectivity index (χ0n) is 13.4. The fourth-order valence-electron chi connectivity index (χ4n) is 2.47. The summed E-state index contributed by atoms with van der Waals surface area (Å²) in [7, 11) is 0. The van der Waals surface area contributed by atoms with Gasteiger partial charge in [-0.1, -0.05) is 42.5 Å². The van der Waals surface area contributed by atoms with E-state index in [9.17, 15) is 14.0 Å². The molecule has 5 heteroatoms. The largest absolute Gasteiger partial charge is 0.455 e. The average molecular weight is 337 g/mol. The first-order valence-electron chi connectivity index (χ1n) is 7.79. The van der Waals surface area contributed by atoms with Crippen LogP contribution in [0.4, 0.5) is 10.1 Å². The summed E-state index contributed by atoms with van der Waals surface area (Å²) in [6.45, 7) is -0.388. The SMILES string of the molecule is O=C(COC(=O)Cc1cccc(F)c1)Nc1ccc2ccccc2c1. The average Bonchev–Trinajstić information content (AvgIpc) is 2.60. The number of benzene rings is 3. The smallest absolute Gasteiger partial charge is 0.310 e. The van der Waals surface area contributed by atoms with Crippen molar-refractivity contribution in [3.63, 3.8) is 0 Å². The standard InChI is InChI=1S/C20H16FNO3/c21-17-7-3-4-14(10-17)11-20(24)25-13-19(23)22-18-9-8-15-5-1-2-6-16(15)12-18/h1-10,12H,11,13H2,(H,22,23). The van der Waals surface area contributed by atoms with E-state index in [0.29, 0.717) is 11.3 Å². The van der Waals surface area contributed by atoms with Crippen LogP contribution in [0, 0.1) is 5.82 Å². The highest BCUT2D eigenvalue weighted by Gasteiger charge is 2.09. The van der Waals surface area contributed by atoms with Crippen molar-refractivity contribution in [3.05, 3.63) is 78.1 Å². The molecule has 3 aromatic carbocycles. The van der Waals surface area contributed by atoms with Crippen LogP contribution in [0.25, 0.3) is 10.8 Å². The van der Waals surface area contributed by atoms with Crippen molar-refractivity contribution < 1.29 is 18.7 Å². The molecule has 25 heavy (non-hydrogen) atoms. The Hall–Kier alpha value is -3.21. The van der Waals surface area contributed by atoms with Gasteiger partial charge in [-0.05, 0) is 40.6 Å². The molecule has 3 rings (SSSR count). The van der Waals surface area contributed by atoms with Crippen LogP contribution >= 0.6 is 0 Å². The third-order valence-electron chi connectivity index (χ3n) is 3.63. The number of hydrogen-bond donors (Lipinski definition) is 1. The Kier molecular flexibility index (Phi) is 5.04. The third kappa shape index (κ3) is 4.64. The predicted molar refractivity (Wildman–Crippen MR) is 93.6 cm³/mol. The van der Waals surface area contributed by atoms with E-state index in [4.69, 9.17) is 4.74 Å². The van der Waals surface area contributed by atoms with Crippen molar-refractivity contribution in [2.45, 2.75) is 6.42 Å². The van der Waals surface area contributed by atoms with Crippen LogP contribution in [-0.4, -0.2) is 18.5 Å². The Labute approximate surface area is 144 Å². The van der Waals surface area contributed by atoms with Gasteiger partial charge in [-0.3, -0.25) is 9.59 Å². The van der Waals surface area contributed by atoms with Gasteiger partial charge in [0.15, 0.2) is 6.61 Å². The highest BCUT2D eigenvalue weighted by atomic mass is 19.1. The maximum atomic E-state index is 13.1. The highest BCUT2D eigenvalue weighted by molar-refractivity contribution is 5.95. The Balaban J connectivity index is 1.52. The molecule has 0 radical (unpaired) electrons. The quantitative estimate of drug-likeness (QED) is 0.722. The molecule has 1 amide bonds. The van der Waals surface area contributed by atoms with Crippen LogP contribution in [0.5, 0.6) is 0 Å². The molecule has 1 N–H and O–H groups in total. The minimum absolute atomic E-state index is 0.0823. The Morgan fingerprint density at radius 2 is 1.72 bits per heavy atom. The second-order valence-corrected chi connectivity index (χ2v) is 5.58. The van der Waals surface area contributed by atoms with Gasteiger partial charge in [0, 0.05) is 5.69 Å². The molecule has 0 saturated heterocycles. The van der Waals surface area contributed by atoms with E-state index >= 15 is 0 Å². The lowest BCUT2D eigenvalue weighted by molar-refractivity contribution is -0.146. The lowest BCUT2D eigenvalue weighted by atomic mass is 10.1. The zero-order valence-corrected chi connectivity index (χ0v) is 13.4. The minimum Gasteiger partial charge on any atom is -0.455 e. The minimum atomic E-state index is -0.584. The Morgan fingerprint density at radius 3 is 2.52 bits per heavy atom. The van der Waals surface area contributed by atoms with E-state index in [0.717, 1.165) is 10.8 Å². The molecular weight excluding hydrogens is 321 g/mol. The number of halogens is 1. The van der Waals surface area contributed by atoms with E-state index < -0.39 is 17.7 Å². The molecule has 0 aliphatic rings. The lowest BCUT2D eigenvalue weighted by Crippen LogP contribution is -2.21. The van der Waals surface area contributed by atoms with Gasteiger partial charge in [0.2, 0.25) is 0 Å². The maximum absolute atomic E-state index is 13.1. The topological polar surface area (TPSA) is 55.4 Å². The Bertz CT molecular complexity index is 923. The van der Waals surface area contributed by atoms with E-state index in [1.807, 2.05) is 36.4 Å². The Morgan fingerprint density at radius 1 is 0.920 bits per heavy atom. The summed E-state index contributed by atoms with van der Waals surface area (Å²) in [4.78, 5) is 23.6. The number of anilines is 1. The molecule has 3 aromatic rings. The van der Waals surface area contributed by atoms with Crippen molar-refractivity contribution in [2.75, 3.05) is 11.9 Å². The van der Waals surface area contributed by atoms with Gasteiger partial charge in [-0.15, -0.1) is 0 Å². The number of rotatable bonds is 5. The number of amides is 1. The summed E-state index contributed by atoms with van der Waals surface area (Å²) in [6, 6.07) is 19.0. The van der Waals surface area contributed by atoms with Gasteiger partial charge < -0.3 is 10.1 Å². The second-order valence-electron chi connectivity index (χ2n) is 5.58. The molecule has 4 nitrogen and oxygen atoms in total. The number of carbonyl (C=O) groups excluding carboxylic acids is 2. The zero-order chi connectivity index (χ0) is 17.6. The molecule has 0 heterocycles.